The third-order valence-electron chi connectivity index (χ3n) is 3.47. The maximum Gasteiger partial charge on any atom is 0.416 e. The average Bonchev–Trinajstić information content (AvgIpc) is 2.85. The first kappa shape index (κ1) is 16.1. The first-order valence-electron chi connectivity index (χ1n) is 6.27. The summed E-state index contributed by atoms with van der Waals surface area (Å²) in [5.41, 5.74) is -2.70. The first-order chi connectivity index (χ1) is 9.61. The van der Waals surface area contributed by atoms with E-state index in [0.717, 1.165) is 12.1 Å². The van der Waals surface area contributed by atoms with Crippen LogP contribution in [0.1, 0.15) is 35.6 Å². The van der Waals surface area contributed by atoms with Crippen molar-refractivity contribution in [2.45, 2.75) is 37.3 Å². The van der Waals surface area contributed by atoms with Crippen LogP contribution in [0, 0.1) is 0 Å². The van der Waals surface area contributed by atoms with Crippen molar-refractivity contribution in [3.05, 3.63) is 34.9 Å². The van der Waals surface area contributed by atoms with Crippen LogP contribution in [0.3, 0.4) is 0 Å². The van der Waals surface area contributed by atoms with E-state index in [1.807, 2.05) is 0 Å². The molecule has 1 saturated heterocycles. The number of aliphatic hydroxyl groups excluding tert-OH is 1. The molecule has 2 rings (SSSR count). The molecule has 1 fully saturated rings. The van der Waals surface area contributed by atoms with Crippen LogP contribution >= 0.6 is 0 Å². The lowest BCUT2D eigenvalue weighted by molar-refractivity contribution is -0.143. The van der Waals surface area contributed by atoms with Crippen LogP contribution in [-0.4, -0.2) is 17.8 Å². The Morgan fingerprint density at radius 2 is 1.48 bits per heavy atom. The van der Waals surface area contributed by atoms with Gasteiger partial charge in [-0.15, -0.1) is 0 Å². The van der Waals surface area contributed by atoms with E-state index in [9.17, 15) is 26.3 Å². The number of rotatable bonds is 2. The van der Waals surface area contributed by atoms with E-state index in [-0.39, 0.29) is 24.3 Å². The zero-order valence-electron chi connectivity index (χ0n) is 10.7. The fraction of sp³-hybridized carbons (Fsp3) is 0.538. The van der Waals surface area contributed by atoms with Crippen molar-refractivity contribution in [1.29, 1.82) is 0 Å². The van der Waals surface area contributed by atoms with Gasteiger partial charge in [-0.05, 0) is 36.6 Å². The van der Waals surface area contributed by atoms with Crippen molar-refractivity contribution in [2.24, 2.45) is 0 Å². The number of hydrogen-bond acceptors (Lipinski definition) is 2. The van der Waals surface area contributed by atoms with Gasteiger partial charge in [0.2, 0.25) is 0 Å². The Balaban J connectivity index is 2.41. The topological polar surface area (TPSA) is 32.3 Å². The molecule has 2 atom stereocenters. The monoisotopic (exact) mass is 313 g/mol. The number of nitrogens with one attached hydrogen (secondary N) is 1. The Morgan fingerprint density at radius 3 is 1.86 bits per heavy atom. The summed E-state index contributed by atoms with van der Waals surface area (Å²) >= 11 is 0. The molecule has 1 heterocycles. The molecule has 0 saturated carbocycles. The molecule has 0 spiro atoms. The van der Waals surface area contributed by atoms with Gasteiger partial charge in [-0.25, -0.2) is 0 Å². The lowest BCUT2D eigenvalue weighted by Crippen LogP contribution is -2.27. The van der Waals surface area contributed by atoms with Gasteiger partial charge in [-0.1, -0.05) is 0 Å². The molecule has 2 nitrogen and oxygen atoms in total. The summed E-state index contributed by atoms with van der Waals surface area (Å²) in [6.07, 6.45) is -8.81. The van der Waals surface area contributed by atoms with Crippen molar-refractivity contribution in [2.75, 3.05) is 6.61 Å². The van der Waals surface area contributed by atoms with Crippen LogP contribution in [0.25, 0.3) is 0 Å². The van der Waals surface area contributed by atoms with Crippen molar-refractivity contribution in [3.8, 4) is 0 Å². The molecule has 0 amide bonds. The van der Waals surface area contributed by atoms with Crippen LogP contribution in [0.15, 0.2) is 18.2 Å². The molecule has 2 N–H and O–H groups in total. The molecule has 118 valence electrons. The number of aliphatic hydroxyl groups is 1. The fourth-order valence-corrected chi connectivity index (χ4v) is 2.41. The number of halogens is 6. The highest BCUT2D eigenvalue weighted by Gasteiger charge is 2.38. The maximum atomic E-state index is 12.7. The second-order valence-corrected chi connectivity index (χ2v) is 5.02. The summed E-state index contributed by atoms with van der Waals surface area (Å²) in [4.78, 5) is 0. The molecule has 2 unspecified atom stereocenters. The Hall–Kier alpha value is -1.28. The summed E-state index contributed by atoms with van der Waals surface area (Å²) < 4.78 is 76.4. The lowest BCUT2D eigenvalue weighted by Gasteiger charge is -2.18. The van der Waals surface area contributed by atoms with E-state index in [2.05, 4.69) is 5.32 Å². The molecule has 0 aliphatic carbocycles. The molecule has 0 bridgehead atoms. The van der Waals surface area contributed by atoms with Crippen molar-refractivity contribution in [1.82, 2.24) is 5.32 Å². The van der Waals surface area contributed by atoms with Gasteiger partial charge in [-0.2, -0.15) is 26.3 Å². The highest BCUT2D eigenvalue weighted by molar-refractivity contribution is 5.35. The van der Waals surface area contributed by atoms with Crippen LogP contribution in [0.4, 0.5) is 26.3 Å². The number of benzene rings is 1. The predicted molar refractivity (Wildman–Crippen MR) is 62.4 cm³/mol. The number of hydrogen-bond donors (Lipinski definition) is 2. The van der Waals surface area contributed by atoms with Gasteiger partial charge in [-0.3, -0.25) is 0 Å². The normalized spacial score (nSPS) is 23.6. The molecule has 0 aromatic heterocycles. The van der Waals surface area contributed by atoms with Gasteiger partial charge in [0.15, 0.2) is 0 Å². The predicted octanol–water partition coefficient (Wildman–Crippen LogP) is 3.51. The molecular weight excluding hydrogens is 300 g/mol. The summed E-state index contributed by atoms with van der Waals surface area (Å²) in [6.45, 7) is -0.207. The van der Waals surface area contributed by atoms with E-state index < -0.39 is 29.5 Å². The molecule has 1 aliphatic rings. The highest BCUT2D eigenvalue weighted by Crippen LogP contribution is 2.38. The van der Waals surface area contributed by atoms with Crippen molar-refractivity contribution in [3.63, 3.8) is 0 Å². The van der Waals surface area contributed by atoms with Crippen molar-refractivity contribution >= 4 is 0 Å². The molecular formula is C13H13F6NO. The van der Waals surface area contributed by atoms with Crippen LogP contribution in [0.2, 0.25) is 0 Å². The maximum absolute atomic E-state index is 12.7. The molecule has 1 aliphatic heterocycles. The van der Waals surface area contributed by atoms with Crippen LogP contribution in [-0.2, 0) is 12.4 Å². The van der Waals surface area contributed by atoms with Crippen LogP contribution < -0.4 is 5.32 Å². The third kappa shape index (κ3) is 3.68. The zero-order valence-corrected chi connectivity index (χ0v) is 10.7. The Kier molecular flexibility index (Phi) is 4.21. The van der Waals surface area contributed by atoms with Crippen LogP contribution in [0.5, 0.6) is 0 Å². The molecule has 1 aromatic carbocycles. The largest absolute Gasteiger partial charge is 0.416 e. The molecule has 1 aromatic rings. The van der Waals surface area contributed by atoms with Crippen molar-refractivity contribution < 1.29 is 31.4 Å². The quantitative estimate of drug-likeness (QED) is 0.819. The van der Waals surface area contributed by atoms with E-state index >= 15 is 0 Å². The Bertz CT molecular complexity index is 478. The smallest absolute Gasteiger partial charge is 0.395 e. The summed E-state index contributed by atoms with van der Waals surface area (Å²) in [6, 6.07) is 0.644. The minimum atomic E-state index is -4.84. The lowest BCUT2D eigenvalue weighted by atomic mass is 9.98. The van der Waals surface area contributed by atoms with Gasteiger partial charge >= 0.3 is 12.4 Å². The molecule has 8 heteroatoms. The van der Waals surface area contributed by atoms with Gasteiger partial charge in [0.05, 0.1) is 17.7 Å². The summed E-state index contributed by atoms with van der Waals surface area (Å²) in [5, 5.41) is 11.8. The van der Waals surface area contributed by atoms with E-state index in [1.165, 1.54) is 0 Å². The minimum Gasteiger partial charge on any atom is -0.395 e. The van der Waals surface area contributed by atoms with Gasteiger partial charge in [0.25, 0.3) is 0 Å². The summed E-state index contributed by atoms with van der Waals surface area (Å²) in [7, 11) is 0. The summed E-state index contributed by atoms with van der Waals surface area (Å²) in [5.74, 6) is 0. The van der Waals surface area contributed by atoms with Gasteiger partial charge < -0.3 is 10.4 Å². The second kappa shape index (κ2) is 5.49. The Labute approximate surface area is 116 Å². The van der Waals surface area contributed by atoms with Gasteiger partial charge in [0, 0.05) is 12.1 Å². The zero-order chi connectivity index (χ0) is 15.8. The molecule has 21 heavy (non-hydrogen) atoms. The Morgan fingerprint density at radius 1 is 0.952 bits per heavy atom. The SMILES string of the molecule is OCC1CCC(c2cc(C(F)(F)F)cc(C(F)(F)F)c2)N1. The minimum absolute atomic E-state index is 0.0619. The second-order valence-electron chi connectivity index (χ2n) is 5.02. The first-order valence-corrected chi connectivity index (χ1v) is 6.27. The fourth-order valence-electron chi connectivity index (χ4n) is 2.41. The molecule has 0 radical (unpaired) electrons. The number of alkyl halides is 6. The van der Waals surface area contributed by atoms with E-state index in [1.54, 1.807) is 0 Å². The van der Waals surface area contributed by atoms with Gasteiger partial charge in [0.1, 0.15) is 0 Å². The van der Waals surface area contributed by atoms with E-state index in [0.29, 0.717) is 12.8 Å². The highest BCUT2D eigenvalue weighted by atomic mass is 19.4. The average molecular weight is 313 g/mol. The van der Waals surface area contributed by atoms with E-state index in [4.69, 9.17) is 5.11 Å². The third-order valence-corrected chi connectivity index (χ3v) is 3.47. The standard InChI is InChI=1S/C13H13F6NO/c14-12(15,16)8-3-7(4-9(5-8)13(17,18)19)11-2-1-10(6-21)20-11/h3-5,10-11,20-21H,1-2,6H2.